The van der Waals surface area contributed by atoms with Gasteiger partial charge in [-0.1, -0.05) is 12.1 Å². The monoisotopic (exact) mass is 330 g/mol. The number of carboxylic acids is 1. The summed E-state index contributed by atoms with van der Waals surface area (Å²) in [5.74, 6) is -1.10. The Bertz CT molecular complexity index is 617. The summed E-state index contributed by atoms with van der Waals surface area (Å²) in [5, 5.41) is 12.5. The van der Waals surface area contributed by atoms with Crippen LogP contribution in [0.5, 0.6) is 0 Å². The van der Waals surface area contributed by atoms with Gasteiger partial charge in [-0.05, 0) is 43.4 Å². The molecule has 2 amide bonds. The van der Waals surface area contributed by atoms with E-state index in [9.17, 15) is 14.4 Å². The molecule has 1 aromatic carbocycles. The number of likely N-dealkylation sites (tertiary alicyclic amines) is 1. The van der Waals surface area contributed by atoms with Crippen LogP contribution in [-0.2, 0) is 20.9 Å². The Kier molecular flexibility index (Phi) is 4.83. The van der Waals surface area contributed by atoms with Gasteiger partial charge in [0.25, 0.3) is 0 Å². The van der Waals surface area contributed by atoms with Crippen molar-refractivity contribution in [3.63, 3.8) is 0 Å². The topological polar surface area (TPSA) is 86.7 Å². The third-order valence-electron chi connectivity index (χ3n) is 4.90. The molecule has 0 spiro atoms. The predicted molar refractivity (Wildman–Crippen MR) is 88.2 cm³/mol. The van der Waals surface area contributed by atoms with Gasteiger partial charge in [0.05, 0.1) is 12.5 Å². The summed E-state index contributed by atoms with van der Waals surface area (Å²) in [4.78, 5) is 35.6. The number of imide groups is 1. The molecule has 1 aromatic rings. The van der Waals surface area contributed by atoms with Gasteiger partial charge in [-0.15, -0.1) is 0 Å². The van der Waals surface area contributed by atoms with Crippen molar-refractivity contribution in [2.75, 3.05) is 5.32 Å². The first-order valence-electron chi connectivity index (χ1n) is 8.44. The number of nitrogens with zero attached hydrogens (tertiary/aromatic N) is 1. The van der Waals surface area contributed by atoms with Crippen LogP contribution < -0.4 is 5.32 Å². The molecule has 1 heterocycles. The molecule has 1 aliphatic heterocycles. The molecule has 2 aliphatic rings. The molecular weight excluding hydrogens is 308 g/mol. The van der Waals surface area contributed by atoms with Gasteiger partial charge in [0.1, 0.15) is 0 Å². The van der Waals surface area contributed by atoms with Crippen molar-refractivity contribution >= 4 is 23.5 Å². The van der Waals surface area contributed by atoms with E-state index in [1.54, 1.807) is 0 Å². The number of hydrogen-bond donors (Lipinski definition) is 2. The molecule has 1 saturated heterocycles. The third-order valence-corrected chi connectivity index (χ3v) is 4.90. The number of carbonyl (C=O) groups excluding carboxylic acids is 2. The van der Waals surface area contributed by atoms with Crippen LogP contribution in [-0.4, -0.2) is 33.8 Å². The van der Waals surface area contributed by atoms with Crippen molar-refractivity contribution < 1.29 is 19.5 Å². The number of rotatable bonds is 5. The van der Waals surface area contributed by atoms with Gasteiger partial charge in [-0.3, -0.25) is 19.3 Å². The molecular formula is C18H22N2O4. The first-order chi connectivity index (χ1) is 11.5. The van der Waals surface area contributed by atoms with E-state index in [0.29, 0.717) is 38.3 Å². The molecule has 1 aliphatic carbocycles. The quantitative estimate of drug-likeness (QED) is 0.810. The van der Waals surface area contributed by atoms with E-state index in [2.05, 4.69) is 5.32 Å². The lowest BCUT2D eigenvalue weighted by Crippen LogP contribution is -2.29. The SMILES string of the molecule is O=C(O)C1CCC(Nc2ccc(CN3C(=O)CCC3=O)cc2)CC1. The zero-order valence-electron chi connectivity index (χ0n) is 13.5. The second-order valence-corrected chi connectivity index (χ2v) is 6.60. The van der Waals surface area contributed by atoms with Crippen LogP contribution in [0.2, 0.25) is 0 Å². The van der Waals surface area contributed by atoms with Gasteiger partial charge in [0.15, 0.2) is 0 Å². The molecule has 1 saturated carbocycles. The van der Waals surface area contributed by atoms with Gasteiger partial charge in [0, 0.05) is 24.6 Å². The average molecular weight is 330 g/mol. The van der Waals surface area contributed by atoms with Crippen LogP contribution in [0.3, 0.4) is 0 Å². The van der Waals surface area contributed by atoms with Gasteiger partial charge < -0.3 is 10.4 Å². The van der Waals surface area contributed by atoms with Crippen LogP contribution in [0, 0.1) is 5.92 Å². The molecule has 0 atom stereocenters. The van der Waals surface area contributed by atoms with E-state index in [1.165, 1.54) is 4.90 Å². The molecule has 3 rings (SSSR count). The Balaban J connectivity index is 1.53. The van der Waals surface area contributed by atoms with Crippen molar-refractivity contribution in [2.45, 2.75) is 51.1 Å². The normalized spacial score (nSPS) is 24.2. The summed E-state index contributed by atoms with van der Waals surface area (Å²) in [5.41, 5.74) is 1.91. The molecule has 6 nitrogen and oxygen atoms in total. The minimum absolute atomic E-state index is 0.0996. The maximum Gasteiger partial charge on any atom is 0.306 e. The van der Waals surface area contributed by atoms with Crippen molar-refractivity contribution in [3.05, 3.63) is 29.8 Å². The number of hydrogen-bond acceptors (Lipinski definition) is 4. The van der Waals surface area contributed by atoms with E-state index in [0.717, 1.165) is 24.1 Å². The number of nitrogens with one attached hydrogen (secondary N) is 1. The highest BCUT2D eigenvalue weighted by atomic mass is 16.4. The van der Waals surface area contributed by atoms with Gasteiger partial charge in [-0.25, -0.2) is 0 Å². The van der Waals surface area contributed by atoms with Crippen molar-refractivity contribution in [3.8, 4) is 0 Å². The Morgan fingerprint density at radius 3 is 2.17 bits per heavy atom. The first kappa shape index (κ1) is 16.5. The van der Waals surface area contributed by atoms with Gasteiger partial charge in [-0.2, -0.15) is 0 Å². The van der Waals surface area contributed by atoms with E-state index in [1.807, 2.05) is 24.3 Å². The number of carbonyl (C=O) groups is 3. The maximum atomic E-state index is 11.6. The highest BCUT2D eigenvalue weighted by Gasteiger charge is 2.29. The lowest BCUT2D eigenvalue weighted by atomic mass is 9.86. The van der Waals surface area contributed by atoms with Crippen LogP contribution in [0.1, 0.15) is 44.1 Å². The number of aliphatic carboxylic acids is 1. The predicted octanol–water partition coefficient (Wildman–Crippen LogP) is 2.39. The van der Waals surface area contributed by atoms with Crippen molar-refractivity contribution in [2.24, 2.45) is 5.92 Å². The highest BCUT2D eigenvalue weighted by Crippen LogP contribution is 2.27. The Labute approximate surface area is 140 Å². The van der Waals surface area contributed by atoms with Crippen LogP contribution in [0.4, 0.5) is 5.69 Å². The summed E-state index contributed by atoms with van der Waals surface area (Å²) < 4.78 is 0. The zero-order valence-corrected chi connectivity index (χ0v) is 13.5. The minimum atomic E-state index is -0.691. The number of benzene rings is 1. The van der Waals surface area contributed by atoms with Crippen LogP contribution in [0.25, 0.3) is 0 Å². The summed E-state index contributed by atoms with van der Waals surface area (Å²) >= 11 is 0. The summed E-state index contributed by atoms with van der Waals surface area (Å²) in [7, 11) is 0. The molecule has 6 heteroatoms. The fourth-order valence-electron chi connectivity index (χ4n) is 3.41. The molecule has 0 unspecified atom stereocenters. The lowest BCUT2D eigenvalue weighted by Gasteiger charge is -2.27. The zero-order chi connectivity index (χ0) is 17.1. The van der Waals surface area contributed by atoms with E-state index in [-0.39, 0.29) is 17.7 Å². The Morgan fingerprint density at radius 1 is 1.04 bits per heavy atom. The fraction of sp³-hybridized carbons (Fsp3) is 0.500. The molecule has 2 fully saturated rings. The number of amides is 2. The van der Waals surface area contributed by atoms with Gasteiger partial charge >= 0.3 is 5.97 Å². The third kappa shape index (κ3) is 3.75. The minimum Gasteiger partial charge on any atom is -0.481 e. The van der Waals surface area contributed by atoms with Crippen molar-refractivity contribution in [1.29, 1.82) is 0 Å². The van der Waals surface area contributed by atoms with E-state index in [4.69, 9.17) is 5.11 Å². The molecule has 0 bridgehead atoms. The largest absolute Gasteiger partial charge is 0.481 e. The molecule has 128 valence electrons. The summed E-state index contributed by atoms with van der Waals surface area (Å²) in [6, 6.07) is 8.04. The Morgan fingerprint density at radius 2 is 1.62 bits per heavy atom. The van der Waals surface area contributed by atoms with E-state index < -0.39 is 5.97 Å². The standard InChI is InChI=1S/C18H22N2O4/c21-16-9-10-17(22)20(16)11-12-1-5-14(6-2-12)19-15-7-3-13(4-8-15)18(23)24/h1-2,5-6,13,15,19H,3-4,7-11H2,(H,23,24). The van der Waals surface area contributed by atoms with Crippen molar-refractivity contribution in [1.82, 2.24) is 4.90 Å². The Hall–Kier alpha value is -2.37. The molecule has 0 aromatic heterocycles. The van der Waals surface area contributed by atoms with Gasteiger partial charge in [0.2, 0.25) is 11.8 Å². The summed E-state index contributed by atoms with van der Waals surface area (Å²) in [6.45, 7) is 0.335. The van der Waals surface area contributed by atoms with Crippen LogP contribution in [0.15, 0.2) is 24.3 Å². The number of carboxylic acid groups (broad SMARTS) is 1. The maximum absolute atomic E-state index is 11.6. The molecule has 24 heavy (non-hydrogen) atoms. The lowest BCUT2D eigenvalue weighted by molar-refractivity contribution is -0.143. The fourth-order valence-corrected chi connectivity index (χ4v) is 3.41. The molecule has 2 N–H and O–H groups in total. The number of anilines is 1. The molecule has 0 radical (unpaired) electrons. The van der Waals surface area contributed by atoms with Crippen LogP contribution >= 0.6 is 0 Å². The second-order valence-electron chi connectivity index (χ2n) is 6.60. The average Bonchev–Trinajstić information content (AvgIpc) is 2.89. The first-order valence-corrected chi connectivity index (χ1v) is 8.44. The smallest absolute Gasteiger partial charge is 0.306 e. The second kappa shape index (κ2) is 7.03. The highest BCUT2D eigenvalue weighted by molar-refractivity contribution is 6.01. The summed E-state index contributed by atoms with van der Waals surface area (Å²) in [6.07, 6.45) is 3.77. The van der Waals surface area contributed by atoms with E-state index >= 15 is 0 Å².